The number of halogens is 2. The summed E-state index contributed by atoms with van der Waals surface area (Å²) in [4.78, 5) is 11.0. The molecule has 0 heterocycles. The predicted molar refractivity (Wildman–Crippen MR) is 70.6 cm³/mol. The average molecular weight is 270 g/mol. The Kier molecular flexibility index (Phi) is 4.03. The van der Waals surface area contributed by atoms with Crippen LogP contribution in [0.4, 0.5) is 8.78 Å². The number of aliphatic carboxylic acids is 1. The highest BCUT2D eigenvalue weighted by Crippen LogP contribution is 2.42. The zero-order valence-electron chi connectivity index (χ0n) is 12.0. The number of rotatable bonds is 4. The molecule has 0 radical (unpaired) electrons. The fourth-order valence-electron chi connectivity index (χ4n) is 2.48. The van der Waals surface area contributed by atoms with Crippen molar-refractivity contribution < 1.29 is 18.7 Å². The van der Waals surface area contributed by atoms with Gasteiger partial charge in [0.25, 0.3) is 5.92 Å². The Morgan fingerprint density at radius 2 is 1.58 bits per heavy atom. The van der Waals surface area contributed by atoms with Crippen molar-refractivity contribution in [3.8, 4) is 0 Å². The number of benzene rings is 1. The molecule has 4 heteroatoms. The van der Waals surface area contributed by atoms with Crippen LogP contribution in [0.15, 0.2) is 12.1 Å². The monoisotopic (exact) mass is 270 g/mol. The van der Waals surface area contributed by atoms with Gasteiger partial charge in [0.2, 0.25) is 0 Å². The number of aryl methyl sites for hydroxylation is 3. The average Bonchev–Trinajstić information content (AvgIpc) is 2.12. The van der Waals surface area contributed by atoms with Crippen LogP contribution in [0.2, 0.25) is 0 Å². The molecular formula is C15H20F2O2. The zero-order chi connectivity index (χ0) is 15.0. The lowest BCUT2D eigenvalue weighted by Gasteiger charge is -2.28. The molecule has 0 amide bonds. The first-order valence-corrected chi connectivity index (χ1v) is 6.17. The van der Waals surface area contributed by atoms with Gasteiger partial charge >= 0.3 is 5.97 Å². The molecule has 0 aromatic heterocycles. The molecule has 106 valence electrons. The van der Waals surface area contributed by atoms with Gasteiger partial charge in [-0.15, -0.1) is 0 Å². The first-order chi connectivity index (χ1) is 8.47. The van der Waals surface area contributed by atoms with Gasteiger partial charge in [-0.1, -0.05) is 17.7 Å². The van der Waals surface area contributed by atoms with E-state index in [-0.39, 0.29) is 5.56 Å². The SMILES string of the molecule is Cc1cc(C)c(C(F)(F)CC(C)(C)C(=O)O)c(C)c1. The van der Waals surface area contributed by atoms with E-state index in [9.17, 15) is 13.6 Å². The van der Waals surface area contributed by atoms with E-state index in [4.69, 9.17) is 5.11 Å². The van der Waals surface area contributed by atoms with Gasteiger partial charge in [-0.25, -0.2) is 8.78 Å². The summed E-state index contributed by atoms with van der Waals surface area (Å²) in [7, 11) is 0. The van der Waals surface area contributed by atoms with Crippen LogP contribution >= 0.6 is 0 Å². The highest BCUT2D eigenvalue weighted by atomic mass is 19.3. The molecule has 19 heavy (non-hydrogen) atoms. The smallest absolute Gasteiger partial charge is 0.309 e. The topological polar surface area (TPSA) is 37.3 Å². The van der Waals surface area contributed by atoms with Gasteiger partial charge in [0, 0.05) is 12.0 Å². The molecule has 1 rings (SSSR count). The van der Waals surface area contributed by atoms with Crippen LogP contribution in [0.25, 0.3) is 0 Å². The lowest BCUT2D eigenvalue weighted by atomic mass is 9.82. The quantitative estimate of drug-likeness (QED) is 0.890. The second kappa shape index (κ2) is 4.91. The Hall–Kier alpha value is -1.45. The largest absolute Gasteiger partial charge is 0.481 e. The molecule has 1 aromatic carbocycles. The molecule has 0 saturated heterocycles. The second-order valence-corrected chi connectivity index (χ2v) is 5.84. The highest BCUT2D eigenvalue weighted by Gasteiger charge is 2.43. The second-order valence-electron chi connectivity index (χ2n) is 5.84. The fraction of sp³-hybridized carbons (Fsp3) is 0.533. The maximum atomic E-state index is 14.4. The summed E-state index contributed by atoms with van der Waals surface area (Å²) in [6.45, 7) is 7.77. The van der Waals surface area contributed by atoms with Gasteiger partial charge in [0.1, 0.15) is 0 Å². The van der Waals surface area contributed by atoms with E-state index in [0.717, 1.165) is 5.56 Å². The maximum Gasteiger partial charge on any atom is 0.309 e. The molecule has 0 fully saturated rings. The number of carboxylic acids is 1. The predicted octanol–water partition coefficient (Wildman–Crippen LogP) is 4.20. The van der Waals surface area contributed by atoms with Crippen molar-refractivity contribution in [2.24, 2.45) is 5.41 Å². The van der Waals surface area contributed by atoms with Crippen molar-refractivity contribution in [3.63, 3.8) is 0 Å². The number of carboxylic acid groups (broad SMARTS) is 1. The standard InChI is InChI=1S/C15H20F2O2/c1-9-6-10(2)12(11(3)7-9)15(16,17)8-14(4,5)13(18)19/h6-7H,8H2,1-5H3,(H,18,19). The number of carbonyl (C=O) groups is 1. The Labute approximate surface area is 112 Å². The van der Waals surface area contributed by atoms with Crippen molar-refractivity contribution in [1.29, 1.82) is 0 Å². The minimum Gasteiger partial charge on any atom is -0.481 e. The molecule has 0 spiro atoms. The molecule has 0 aliphatic carbocycles. The van der Waals surface area contributed by atoms with E-state index < -0.39 is 23.7 Å². The van der Waals surface area contributed by atoms with Crippen LogP contribution in [-0.2, 0) is 10.7 Å². The molecule has 0 bridgehead atoms. The van der Waals surface area contributed by atoms with Gasteiger partial charge < -0.3 is 5.11 Å². The molecule has 0 aliphatic rings. The third-order valence-corrected chi connectivity index (χ3v) is 3.29. The first-order valence-electron chi connectivity index (χ1n) is 6.17. The third-order valence-electron chi connectivity index (χ3n) is 3.29. The zero-order valence-corrected chi connectivity index (χ0v) is 12.0. The molecule has 1 N–H and O–H groups in total. The maximum absolute atomic E-state index is 14.4. The highest BCUT2D eigenvalue weighted by molar-refractivity contribution is 5.73. The Bertz CT molecular complexity index is 482. The Balaban J connectivity index is 3.25. The summed E-state index contributed by atoms with van der Waals surface area (Å²) < 4.78 is 28.8. The van der Waals surface area contributed by atoms with E-state index >= 15 is 0 Å². The van der Waals surface area contributed by atoms with Crippen molar-refractivity contribution in [2.75, 3.05) is 0 Å². The van der Waals surface area contributed by atoms with Crippen LogP contribution in [0.1, 0.15) is 42.5 Å². The van der Waals surface area contributed by atoms with E-state index in [1.807, 2.05) is 6.92 Å². The minimum atomic E-state index is -3.15. The number of alkyl halides is 2. The fourth-order valence-corrected chi connectivity index (χ4v) is 2.48. The van der Waals surface area contributed by atoms with Crippen LogP contribution in [0.5, 0.6) is 0 Å². The third kappa shape index (κ3) is 3.31. The van der Waals surface area contributed by atoms with Crippen molar-refractivity contribution in [1.82, 2.24) is 0 Å². The Morgan fingerprint density at radius 3 is 1.95 bits per heavy atom. The number of hydrogen-bond acceptors (Lipinski definition) is 1. The summed E-state index contributed by atoms with van der Waals surface area (Å²) in [5.41, 5.74) is 0.416. The van der Waals surface area contributed by atoms with Crippen LogP contribution < -0.4 is 0 Å². The summed E-state index contributed by atoms with van der Waals surface area (Å²) in [6.07, 6.45) is -0.708. The lowest BCUT2D eigenvalue weighted by molar-refractivity contribution is -0.153. The van der Waals surface area contributed by atoms with Crippen LogP contribution in [0.3, 0.4) is 0 Å². The van der Waals surface area contributed by atoms with E-state index in [1.165, 1.54) is 13.8 Å². The molecule has 0 unspecified atom stereocenters. The number of hydrogen-bond donors (Lipinski definition) is 1. The van der Waals surface area contributed by atoms with E-state index in [2.05, 4.69) is 0 Å². The van der Waals surface area contributed by atoms with Gasteiger partial charge in [-0.2, -0.15) is 0 Å². The molecular weight excluding hydrogens is 250 g/mol. The summed E-state index contributed by atoms with van der Waals surface area (Å²) in [5, 5.41) is 9.00. The molecule has 1 aromatic rings. The normalized spacial score (nSPS) is 12.6. The summed E-state index contributed by atoms with van der Waals surface area (Å²) >= 11 is 0. The summed E-state index contributed by atoms with van der Waals surface area (Å²) in [6, 6.07) is 3.40. The summed E-state index contributed by atoms with van der Waals surface area (Å²) in [5.74, 6) is -4.36. The van der Waals surface area contributed by atoms with E-state index in [1.54, 1.807) is 26.0 Å². The van der Waals surface area contributed by atoms with Gasteiger partial charge in [-0.05, 0) is 45.7 Å². The molecule has 2 nitrogen and oxygen atoms in total. The van der Waals surface area contributed by atoms with Gasteiger partial charge in [0.15, 0.2) is 0 Å². The van der Waals surface area contributed by atoms with Crippen LogP contribution in [0, 0.1) is 26.2 Å². The van der Waals surface area contributed by atoms with Crippen molar-refractivity contribution in [2.45, 2.75) is 47.0 Å². The molecule has 0 atom stereocenters. The van der Waals surface area contributed by atoms with Crippen LogP contribution in [-0.4, -0.2) is 11.1 Å². The van der Waals surface area contributed by atoms with Gasteiger partial charge in [0.05, 0.1) is 5.41 Å². The molecule has 0 saturated carbocycles. The minimum absolute atomic E-state index is 0.0487. The lowest BCUT2D eigenvalue weighted by Crippen LogP contribution is -2.32. The first kappa shape index (κ1) is 15.6. The van der Waals surface area contributed by atoms with E-state index in [0.29, 0.717) is 11.1 Å². The molecule has 0 aliphatic heterocycles. The Morgan fingerprint density at radius 1 is 1.16 bits per heavy atom. The van der Waals surface area contributed by atoms with Crippen molar-refractivity contribution in [3.05, 3.63) is 34.4 Å². The van der Waals surface area contributed by atoms with Gasteiger partial charge in [-0.3, -0.25) is 4.79 Å². The van der Waals surface area contributed by atoms with Crippen molar-refractivity contribution >= 4 is 5.97 Å².